The molecule has 0 aliphatic rings. The lowest BCUT2D eigenvalue weighted by molar-refractivity contribution is 0.0911. The lowest BCUT2D eigenvalue weighted by Gasteiger charge is -2.24. The fourth-order valence-electron chi connectivity index (χ4n) is 2.91. The average Bonchev–Trinajstić information content (AvgIpc) is 3.21. The summed E-state index contributed by atoms with van der Waals surface area (Å²) in [7, 11) is 0. The second-order valence-corrected chi connectivity index (χ2v) is 8.94. The van der Waals surface area contributed by atoms with Gasteiger partial charge in [0.25, 0.3) is 5.91 Å². The minimum absolute atomic E-state index is 0.187. The first-order valence-corrected chi connectivity index (χ1v) is 10.8. The predicted molar refractivity (Wildman–Crippen MR) is 124 cm³/mol. The zero-order valence-electron chi connectivity index (χ0n) is 18.6. The van der Waals surface area contributed by atoms with Gasteiger partial charge in [0.15, 0.2) is 0 Å². The number of carbonyl (C=O) groups excluding carboxylic acids is 1. The number of halogens is 1. The maximum atomic E-state index is 12.5. The van der Waals surface area contributed by atoms with E-state index < -0.39 is 0 Å². The Labute approximate surface area is 188 Å². The van der Waals surface area contributed by atoms with Crippen molar-refractivity contribution in [3.05, 3.63) is 64.5 Å². The second kappa shape index (κ2) is 9.52. The van der Waals surface area contributed by atoms with Crippen molar-refractivity contribution in [3.63, 3.8) is 0 Å². The van der Waals surface area contributed by atoms with Crippen LogP contribution in [0.15, 0.2) is 47.0 Å². The van der Waals surface area contributed by atoms with Crippen LogP contribution in [0.5, 0.6) is 0 Å². The van der Waals surface area contributed by atoms with Crippen LogP contribution in [-0.4, -0.2) is 21.6 Å². The summed E-state index contributed by atoms with van der Waals surface area (Å²) in [5, 5.41) is 10.6. The van der Waals surface area contributed by atoms with Gasteiger partial charge in [-0.25, -0.2) is 0 Å². The number of benzene rings is 2. The third kappa shape index (κ3) is 5.85. The Kier molecular flexibility index (Phi) is 7.01. The molecule has 0 unspecified atom stereocenters. The number of amides is 1. The molecular formula is C24H29ClN4O2. The quantitative estimate of drug-likeness (QED) is 0.446. The molecule has 164 valence electrons. The molecule has 1 heterocycles. The van der Waals surface area contributed by atoms with E-state index in [1.807, 2.05) is 39.0 Å². The van der Waals surface area contributed by atoms with Gasteiger partial charge in [-0.1, -0.05) is 61.8 Å². The molecule has 0 atom stereocenters. The maximum Gasteiger partial charge on any atom is 0.253 e. The maximum absolute atomic E-state index is 12.5. The Morgan fingerprint density at radius 1 is 1.16 bits per heavy atom. The molecule has 0 fully saturated rings. The van der Waals surface area contributed by atoms with Crippen LogP contribution in [0.3, 0.4) is 0 Å². The molecule has 0 saturated carbocycles. The molecule has 3 rings (SSSR count). The zero-order chi connectivity index (χ0) is 22.6. The summed E-state index contributed by atoms with van der Waals surface area (Å²) < 4.78 is 5.36. The number of aromatic nitrogens is 2. The van der Waals surface area contributed by atoms with Crippen LogP contribution in [0.4, 0.5) is 5.69 Å². The molecule has 0 bridgehead atoms. The van der Waals surface area contributed by atoms with E-state index in [1.54, 1.807) is 12.1 Å². The van der Waals surface area contributed by atoms with E-state index in [0.29, 0.717) is 34.8 Å². The van der Waals surface area contributed by atoms with Crippen molar-refractivity contribution in [1.29, 1.82) is 0 Å². The highest BCUT2D eigenvalue weighted by atomic mass is 35.5. The Morgan fingerprint density at radius 3 is 2.48 bits per heavy atom. The van der Waals surface area contributed by atoms with Gasteiger partial charge >= 0.3 is 0 Å². The largest absolute Gasteiger partial charge is 0.376 e. The van der Waals surface area contributed by atoms with Gasteiger partial charge in [-0.3, -0.25) is 4.79 Å². The van der Waals surface area contributed by atoms with Crippen molar-refractivity contribution >= 4 is 23.2 Å². The van der Waals surface area contributed by atoms with E-state index in [1.165, 1.54) is 5.56 Å². The number of hydrogen-bond donors (Lipinski definition) is 2. The van der Waals surface area contributed by atoms with Crippen LogP contribution in [0.2, 0.25) is 5.02 Å². The molecule has 31 heavy (non-hydrogen) atoms. The van der Waals surface area contributed by atoms with Gasteiger partial charge in [-0.15, -0.1) is 0 Å². The second-order valence-electron chi connectivity index (χ2n) is 8.53. The van der Waals surface area contributed by atoms with Gasteiger partial charge in [0, 0.05) is 16.8 Å². The van der Waals surface area contributed by atoms with E-state index in [9.17, 15) is 4.79 Å². The highest BCUT2D eigenvalue weighted by Crippen LogP contribution is 2.24. The minimum atomic E-state index is -0.290. The van der Waals surface area contributed by atoms with Crippen molar-refractivity contribution in [2.75, 3.05) is 5.32 Å². The Balaban J connectivity index is 1.63. The van der Waals surface area contributed by atoms with Crippen molar-refractivity contribution in [1.82, 2.24) is 15.5 Å². The molecule has 6 nitrogen and oxygen atoms in total. The van der Waals surface area contributed by atoms with E-state index in [4.69, 9.17) is 16.1 Å². The lowest BCUT2D eigenvalue weighted by Crippen LogP contribution is -2.42. The first kappa shape index (κ1) is 22.8. The van der Waals surface area contributed by atoms with Crippen molar-refractivity contribution < 1.29 is 9.32 Å². The number of carbonyl (C=O) groups is 1. The van der Waals surface area contributed by atoms with Gasteiger partial charge < -0.3 is 15.2 Å². The first-order chi connectivity index (χ1) is 14.7. The van der Waals surface area contributed by atoms with Gasteiger partial charge in [0.05, 0.1) is 17.1 Å². The summed E-state index contributed by atoms with van der Waals surface area (Å²) >= 11 is 6.34. The number of nitrogens with zero attached hydrogens (tertiary/aromatic N) is 2. The van der Waals surface area contributed by atoms with E-state index in [2.05, 4.69) is 46.8 Å². The van der Waals surface area contributed by atoms with E-state index in [0.717, 1.165) is 17.7 Å². The summed E-state index contributed by atoms with van der Waals surface area (Å²) in [4.78, 5) is 16.9. The molecule has 3 aromatic rings. The van der Waals surface area contributed by atoms with Crippen LogP contribution < -0.4 is 10.6 Å². The number of nitrogens with one attached hydrogen (secondary N) is 2. The molecule has 0 saturated heterocycles. The standard InChI is InChI=1S/C24H29ClN4O2/c1-6-24(4,5)28-23(30)19-12-11-18(13-20(19)25)26-14-21-27-22(29-31-21)17-9-7-16(8-10-17)15(2)3/h7-13,15,26H,6,14H2,1-5H3,(H,28,30). The molecule has 2 N–H and O–H groups in total. The minimum Gasteiger partial charge on any atom is -0.376 e. The Hall–Kier alpha value is -2.86. The first-order valence-electron chi connectivity index (χ1n) is 10.5. The van der Waals surface area contributed by atoms with Gasteiger partial charge in [0.2, 0.25) is 11.7 Å². The van der Waals surface area contributed by atoms with E-state index >= 15 is 0 Å². The predicted octanol–water partition coefficient (Wildman–Crippen LogP) is 6.04. The van der Waals surface area contributed by atoms with Crippen LogP contribution in [-0.2, 0) is 6.54 Å². The third-order valence-corrected chi connectivity index (χ3v) is 5.61. The molecule has 0 spiro atoms. The molecule has 0 radical (unpaired) electrons. The van der Waals surface area contributed by atoms with Crippen LogP contribution in [0.1, 0.15) is 68.8 Å². The topological polar surface area (TPSA) is 80.0 Å². The summed E-state index contributed by atoms with van der Waals surface area (Å²) in [6.45, 7) is 10.6. The van der Waals surface area contributed by atoms with Crippen molar-refractivity contribution in [2.24, 2.45) is 0 Å². The van der Waals surface area contributed by atoms with E-state index in [-0.39, 0.29) is 11.4 Å². The van der Waals surface area contributed by atoms with Gasteiger partial charge in [-0.05, 0) is 49.9 Å². The summed E-state index contributed by atoms with van der Waals surface area (Å²) in [5.41, 5.74) is 3.09. The fourth-order valence-corrected chi connectivity index (χ4v) is 3.18. The van der Waals surface area contributed by atoms with Gasteiger partial charge in [-0.2, -0.15) is 4.98 Å². The molecule has 1 amide bonds. The number of rotatable bonds is 8. The molecular weight excluding hydrogens is 412 g/mol. The lowest BCUT2D eigenvalue weighted by atomic mass is 10.0. The SMILES string of the molecule is CCC(C)(C)NC(=O)c1ccc(NCc2nc(-c3ccc(C(C)C)cc3)no2)cc1Cl. The Bertz CT molecular complexity index is 1040. The van der Waals surface area contributed by atoms with Crippen molar-refractivity contribution in [3.8, 4) is 11.4 Å². The normalized spacial score (nSPS) is 11.6. The molecule has 0 aliphatic heterocycles. The summed E-state index contributed by atoms with van der Waals surface area (Å²) in [6.07, 6.45) is 0.823. The Morgan fingerprint density at radius 2 is 1.87 bits per heavy atom. The fraction of sp³-hybridized carbons (Fsp3) is 0.375. The number of hydrogen-bond acceptors (Lipinski definition) is 5. The summed E-state index contributed by atoms with van der Waals surface area (Å²) in [5.74, 6) is 1.30. The third-order valence-electron chi connectivity index (χ3n) is 5.30. The number of anilines is 1. The molecule has 0 aliphatic carbocycles. The van der Waals surface area contributed by atoms with Crippen molar-refractivity contribution in [2.45, 2.75) is 59.0 Å². The monoisotopic (exact) mass is 440 g/mol. The molecule has 2 aromatic carbocycles. The molecule has 7 heteroatoms. The smallest absolute Gasteiger partial charge is 0.253 e. The van der Waals surface area contributed by atoms with Crippen LogP contribution in [0, 0.1) is 0 Å². The van der Waals surface area contributed by atoms with Crippen LogP contribution in [0.25, 0.3) is 11.4 Å². The highest BCUT2D eigenvalue weighted by molar-refractivity contribution is 6.34. The summed E-state index contributed by atoms with van der Waals surface area (Å²) in [6, 6.07) is 13.4. The average molecular weight is 441 g/mol. The zero-order valence-corrected chi connectivity index (χ0v) is 19.4. The molecule has 1 aromatic heterocycles. The highest BCUT2D eigenvalue weighted by Gasteiger charge is 2.20. The van der Waals surface area contributed by atoms with Gasteiger partial charge in [0.1, 0.15) is 0 Å². The van der Waals surface area contributed by atoms with Crippen LogP contribution >= 0.6 is 11.6 Å².